The van der Waals surface area contributed by atoms with Crippen LogP contribution in [0, 0.1) is 5.92 Å². The Balaban J connectivity index is 1.73. The zero-order valence-electron chi connectivity index (χ0n) is 13.6. The number of piperazine rings is 1. The quantitative estimate of drug-likeness (QED) is 0.838. The highest BCUT2D eigenvalue weighted by molar-refractivity contribution is 7.09. The molecule has 5 heteroatoms. The van der Waals surface area contributed by atoms with Crippen molar-refractivity contribution in [2.45, 2.75) is 46.3 Å². The van der Waals surface area contributed by atoms with Gasteiger partial charge in [-0.1, -0.05) is 13.8 Å². The van der Waals surface area contributed by atoms with Crippen molar-refractivity contribution in [3.05, 3.63) is 16.1 Å². The molecule has 1 aliphatic heterocycles. The van der Waals surface area contributed by atoms with Gasteiger partial charge in [0, 0.05) is 44.6 Å². The molecule has 120 valence electrons. The molecule has 0 radical (unpaired) electrons. The van der Waals surface area contributed by atoms with E-state index in [4.69, 9.17) is 4.98 Å². The molecule has 0 bridgehead atoms. The Morgan fingerprint density at radius 1 is 1.19 bits per heavy atom. The number of hydrogen-bond acceptors (Lipinski definition) is 5. The Kier molecular flexibility index (Phi) is 6.61. The number of hydrogen-bond donors (Lipinski definition) is 1. The maximum atomic E-state index is 9.43. The lowest BCUT2D eigenvalue weighted by Crippen LogP contribution is -2.47. The molecule has 1 aromatic heterocycles. The van der Waals surface area contributed by atoms with Gasteiger partial charge in [0.05, 0.1) is 16.8 Å². The first-order chi connectivity index (χ1) is 10.0. The van der Waals surface area contributed by atoms with Gasteiger partial charge in [-0.15, -0.1) is 11.3 Å². The summed E-state index contributed by atoms with van der Waals surface area (Å²) in [6, 6.07) is 0. The van der Waals surface area contributed by atoms with Gasteiger partial charge in [0.2, 0.25) is 0 Å². The van der Waals surface area contributed by atoms with Crippen LogP contribution < -0.4 is 0 Å². The fraction of sp³-hybridized carbons (Fsp3) is 0.812. The largest absolute Gasteiger partial charge is 0.392 e. The molecule has 1 unspecified atom stereocenters. The number of thiazole rings is 1. The van der Waals surface area contributed by atoms with Crippen LogP contribution in [0.5, 0.6) is 0 Å². The highest BCUT2D eigenvalue weighted by atomic mass is 32.1. The number of aliphatic hydroxyl groups excluding tert-OH is 1. The SMILES string of the molecule is CC(C)CCc1nc(CN2CCN(CC(C)O)CC2)cs1. The van der Waals surface area contributed by atoms with Gasteiger partial charge in [-0.25, -0.2) is 4.98 Å². The monoisotopic (exact) mass is 311 g/mol. The standard InChI is InChI=1S/C16H29N3OS/c1-13(2)4-5-16-17-15(12-21-16)11-19-8-6-18(7-9-19)10-14(3)20/h12-14,20H,4-11H2,1-3H3. The van der Waals surface area contributed by atoms with Gasteiger partial charge in [0.15, 0.2) is 0 Å². The van der Waals surface area contributed by atoms with Crippen molar-refractivity contribution >= 4 is 11.3 Å². The second-order valence-corrected chi connectivity index (χ2v) is 7.53. The van der Waals surface area contributed by atoms with E-state index in [-0.39, 0.29) is 6.10 Å². The Morgan fingerprint density at radius 3 is 2.48 bits per heavy atom. The molecule has 0 saturated carbocycles. The van der Waals surface area contributed by atoms with Gasteiger partial charge in [-0.3, -0.25) is 9.80 Å². The lowest BCUT2D eigenvalue weighted by atomic mass is 10.1. The van der Waals surface area contributed by atoms with Crippen LogP contribution in [0.3, 0.4) is 0 Å². The lowest BCUT2D eigenvalue weighted by molar-refractivity contribution is 0.0777. The Hall–Kier alpha value is -0.490. The number of nitrogens with zero attached hydrogens (tertiary/aromatic N) is 3. The summed E-state index contributed by atoms with van der Waals surface area (Å²) < 4.78 is 0. The summed E-state index contributed by atoms with van der Waals surface area (Å²) in [7, 11) is 0. The van der Waals surface area contributed by atoms with Gasteiger partial charge in [0.25, 0.3) is 0 Å². The molecule has 21 heavy (non-hydrogen) atoms. The Bertz CT molecular complexity index is 411. The first kappa shape index (κ1) is 16.9. The molecule has 0 spiro atoms. The van der Waals surface area contributed by atoms with E-state index in [9.17, 15) is 5.11 Å². The first-order valence-corrected chi connectivity index (χ1v) is 8.97. The molecule has 2 rings (SSSR count). The zero-order valence-corrected chi connectivity index (χ0v) is 14.4. The minimum atomic E-state index is -0.224. The number of rotatable bonds is 7. The lowest BCUT2D eigenvalue weighted by Gasteiger charge is -2.34. The second-order valence-electron chi connectivity index (χ2n) is 6.59. The summed E-state index contributed by atoms with van der Waals surface area (Å²) in [6.07, 6.45) is 2.12. The number of aliphatic hydroxyl groups is 1. The van der Waals surface area contributed by atoms with Gasteiger partial charge in [0.1, 0.15) is 0 Å². The van der Waals surface area contributed by atoms with Crippen LogP contribution in [-0.4, -0.2) is 58.7 Å². The molecule has 1 atom stereocenters. The smallest absolute Gasteiger partial charge is 0.0928 e. The van der Waals surface area contributed by atoms with E-state index >= 15 is 0 Å². The minimum Gasteiger partial charge on any atom is -0.392 e. The van der Waals surface area contributed by atoms with E-state index in [1.54, 1.807) is 0 Å². The Labute approximate surface area is 132 Å². The fourth-order valence-electron chi connectivity index (χ4n) is 2.68. The zero-order chi connectivity index (χ0) is 15.2. The summed E-state index contributed by atoms with van der Waals surface area (Å²) in [4.78, 5) is 9.58. The summed E-state index contributed by atoms with van der Waals surface area (Å²) >= 11 is 1.81. The third kappa shape index (κ3) is 6.02. The molecule has 1 aromatic rings. The molecule has 0 aliphatic carbocycles. The number of aryl methyl sites for hydroxylation is 1. The molecule has 1 N–H and O–H groups in total. The van der Waals surface area contributed by atoms with Crippen molar-refractivity contribution < 1.29 is 5.11 Å². The van der Waals surface area contributed by atoms with E-state index in [0.29, 0.717) is 0 Å². The summed E-state index contributed by atoms with van der Waals surface area (Å²) in [5.74, 6) is 0.749. The maximum absolute atomic E-state index is 9.43. The van der Waals surface area contributed by atoms with E-state index in [1.165, 1.54) is 17.1 Å². The van der Waals surface area contributed by atoms with Gasteiger partial charge < -0.3 is 5.11 Å². The number of β-amino-alcohol motifs (C(OH)–C–C–N with tert-alkyl or cyclic N) is 1. The van der Waals surface area contributed by atoms with Crippen LogP contribution in [0.15, 0.2) is 5.38 Å². The summed E-state index contributed by atoms with van der Waals surface area (Å²) in [6.45, 7) is 12.4. The van der Waals surface area contributed by atoms with Gasteiger partial charge >= 0.3 is 0 Å². The summed E-state index contributed by atoms with van der Waals surface area (Å²) in [5.41, 5.74) is 1.22. The van der Waals surface area contributed by atoms with Crippen LogP contribution in [0.4, 0.5) is 0 Å². The highest BCUT2D eigenvalue weighted by Gasteiger charge is 2.18. The third-order valence-corrected chi connectivity index (χ3v) is 4.87. The molecular weight excluding hydrogens is 282 g/mol. The van der Waals surface area contributed by atoms with Crippen molar-refractivity contribution in [1.82, 2.24) is 14.8 Å². The first-order valence-electron chi connectivity index (χ1n) is 8.09. The van der Waals surface area contributed by atoms with Crippen LogP contribution in [0.25, 0.3) is 0 Å². The van der Waals surface area contributed by atoms with Gasteiger partial charge in [-0.2, -0.15) is 0 Å². The van der Waals surface area contributed by atoms with E-state index in [0.717, 1.165) is 51.6 Å². The average molecular weight is 311 g/mol. The maximum Gasteiger partial charge on any atom is 0.0928 e. The van der Waals surface area contributed by atoms with Crippen LogP contribution >= 0.6 is 11.3 Å². The molecule has 4 nitrogen and oxygen atoms in total. The van der Waals surface area contributed by atoms with Crippen LogP contribution in [0.1, 0.15) is 37.9 Å². The second kappa shape index (κ2) is 8.22. The fourth-order valence-corrected chi connectivity index (χ4v) is 3.49. The van der Waals surface area contributed by atoms with Gasteiger partial charge in [-0.05, 0) is 25.7 Å². The van der Waals surface area contributed by atoms with E-state index in [2.05, 4.69) is 29.0 Å². The number of aromatic nitrogens is 1. The van der Waals surface area contributed by atoms with Crippen molar-refractivity contribution in [2.75, 3.05) is 32.7 Å². The van der Waals surface area contributed by atoms with Crippen molar-refractivity contribution in [1.29, 1.82) is 0 Å². The van der Waals surface area contributed by atoms with Crippen molar-refractivity contribution in [3.8, 4) is 0 Å². The third-order valence-electron chi connectivity index (χ3n) is 3.91. The average Bonchev–Trinajstić information content (AvgIpc) is 2.86. The molecule has 0 amide bonds. The van der Waals surface area contributed by atoms with E-state index < -0.39 is 0 Å². The predicted molar refractivity (Wildman–Crippen MR) is 88.7 cm³/mol. The van der Waals surface area contributed by atoms with Crippen LogP contribution in [0.2, 0.25) is 0 Å². The molecule has 2 heterocycles. The molecule has 1 fully saturated rings. The molecule has 1 aliphatic rings. The topological polar surface area (TPSA) is 39.6 Å². The Morgan fingerprint density at radius 2 is 1.86 bits per heavy atom. The summed E-state index contributed by atoms with van der Waals surface area (Å²) in [5, 5.41) is 12.9. The minimum absolute atomic E-state index is 0.224. The van der Waals surface area contributed by atoms with E-state index in [1.807, 2.05) is 18.3 Å². The van der Waals surface area contributed by atoms with Crippen molar-refractivity contribution in [2.24, 2.45) is 5.92 Å². The van der Waals surface area contributed by atoms with Crippen molar-refractivity contribution in [3.63, 3.8) is 0 Å². The predicted octanol–water partition coefficient (Wildman–Crippen LogP) is 2.23. The van der Waals surface area contributed by atoms with Crippen LogP contribution in [-0.2, 0) is 13.0 Å². The molecule has 1 saturated heterocycles. The molecule has 0 aromatic carbocycles. The molecular formula is C16H29N3OS. The normalized spacial score (nSPS) is 19.3. The highest BCUT2D eigenvalue weighted by Crippen LogP contribution is 2.16.